The number of carbonyl (C=O) groups excluding carboxylic acids is 1. The van der Waals surface area contributed by atoms with E-state index in [-0.39, 0.29) is 24.0 Å². The minimum absolute atomic E-state index is 0.000161. The van der Waals surface area contributed by atoms with E-state index in [0.717, 1.165) is 10.8 Å². The Kier molecular flexibility index (Phi) is 6.89. The molecule has 1 amide bonds. The average molecular weight is 471 g/mol. The highest BCUT2D eigenvalue weighted by Crippen LogP contribution is 2.31. The highest BCUT2D eigenvalue weighted by Gasteiger charge is 2.36. The van der Waals surface area contributed by atoms with Gasteiger partial charge in [-0.25, -0.2) is 9.67 Å². The minimum atomic E-state index is -4.65. The van der Waals surface area contributed by atoms with Crippen LogP contribution in [-0.2, 0) is 11.0 Å². The fourth-order valence-corrected chi connectivity index (χ4v) is 3.45. The van der Waals surface area contributed by atoms with Crippen molar-refractivity contribution < 1.29 is 23.1 Å². The number of carbonyl (C=O) groups is 1. The van der Waals surface area contributed by atoms with Crippen LogP contribution in [0.5, 0.6) is 0 Å². The van der Waals surface area contributed by atoms with E-state index in [1.807, 2.05) is 13.8 Å². The van der Waals surface area contributed by atoms with Crippen LogP contribution in [0.15, 0.2) is 30.5 Å². The van der Waals surface area contributed by atoms with Gasteiger partial charge in [-0.2, -0.15) is 13.2 Å². The summed E-state index contributed by atoms with van der Waals surface area (Å²) in [5.41, 5.74) is 0.169. The fourth-order valence-electron chi connectivity index (χ4n) is 3.33. The van der Waals surface area contributed by atoms with Gasteiger partial charge in [0, 0.05) is 24.2 Å². The summed E-state index contributed by atoms with van der Waals surface area (Å²) in [6.45, 7) is 4.73. The van der Waals surface area contributed by atoms with Gasteiger partial charge in [0.2, 0.25) is 5.91 Å². The Morgan fingerprint density at radius 1 is 1.25 bits per heavy atom. The minimum Gasteiger partial charge on any atom is -0.396 e. The molecule has 172 valence electrons. The first-order chi connectivity index (χ1) is 15.0. The number of rotatable bonds is 7. The molecule has 32 heavy (non-hydrogen) atoms. The number of benzene rings is 1. The lowest BCUT2D eigenvalue weighted by atomic mass is 10.1. The normalized spacial score (nSPS) is 12.9. The lowest BCUT2D eigenvalue weighted by Crippen LogP contribution is -2.28. The van der Waals surface area contributed by atoms with Crippen LogP contribution < -0.4 is 5.32 Å². The van der Waals surface area contributed by atoms with Crippen LogP contribution in [0.1, 0.15) is 49.4 Å². The predicted octanol–water partition coefficient (Wildman–Crippen LogP) is 4.13. The third kappa shape index (κ3) is 4.94. The molecular weight excluding hydrogens is 449 g/mol. The Balaban J connectivity index is 1.94. The monoisotopic (exact) mass is 470 g/mol. The molecule has 0 aliphatic heterocycles. The number of amides is 1. The maximum Gasteiger partial charge on any atom is 0.434 e. The lowest BCUT2D eigenvalue weighted by molar-refractivity contribution is -0.141. The van der Waals surface area contributed by atoms with E-state index in [2.05, 4.69) is 20.6 Å². The molecule has 0 aliphatic rings. The zero-order valence-electron chi connectivity index (χ0n) is 17.6. The summed E-state index contributed by atoms with van der Waals surface area (Å²) in [6, 6.07) is 5.76. The highest BCUT2D eigenvalue weighted by atomic mass is 35.5. The van der Waals surface area contributed by atoms with Crippen LogP contribution in [0.2, 0.25) is 5.02 Å². The number of alkyl halides is 3. The molecule has 0 saturated heterocycles. The molecule has 0 spiro atoms. The first kappa shape index (κ1) is 23.7. The predicted molar refractivity (Wildman–Crippen MR) is 112 cm³/mol. The molecule has 0 saturated carbocycles. The summed E-state index contributed by atoms with van der Waals surface area (Å²) in [5, 5.41) is 20.8. The summed E-state index contributed by atoms with van der Waals surface area (Å²) < 4.78 is 41.8. The number of imidazole rings is 1. The lowest BCUT2D eigenvalue weighted by Gasteiger charge is -2.19. The van der Waals surface area contributed by atoms with Gasteiger partial charge in [0.05, 0.1) is 11.4 Å². The number of nitrogens with one attached hydrogen (secondary N) is 1. The average Bonchev–Trinajstić information content (AvgIpc) is 3.30. The second kappa shape index (κ2) is 9.29. The standard InChI is InChI=1S/C20H22ClF3N6O2/c1-11(2)17-18(27-28-30(17)14-6-4-13(21)5-7-14)26-19(32)15(8-9-31)29-10-16(20(22,23)24)25-12(29)3/h4-7,10-11,15,31H,8-9H2,1-3H3,(H,26,32). The molecule has 2 heterocycles. The smallest absolute Gasteiger partial charge is 0.396 e. The molecule has 0 bridgehead atoms. The Morgan fingerprint density at radius 3 is 2.44 bits per heavy atom. The van der Waals surface area contributed by atoms with Crippen molar-refractivity contribution in [2.24, 2.45) is 0 Å². The molecule has 3 rings (SSSR count). The molecule has 8 nitrogen and oxygen atoms in total. The van der Waals surface area contributed by atoms with Gasteiger partial charge in [0.15, 0.2) is 11.5 Å². The zero-order valence-corrected chi connectivity index (χ0v) is 18.3. The van der Waals surface area contributed by atoms with Crippen LogP contribution in [0, 0.1) is 6.92 Å². The van der Waals surface area contributed by atoms with Gasteiger partial charge in [-0.05, 0) is 37.1 Å². The summed E-state index contributed by atoms with van der Waals surface area (Å²) >= 11 is 5.94. The van der Waals surface area contributed by atoms with Gasteiger partial charge >= 0.3 is 6.18 Å². The summed E-state index contributed by atoms with van der Waals surface area (Å²) in [4.78, 5) is 16.5. The van der Waals surface area contributed by atoms with Crippen LogP contribution in [0.3, 0.4) is 0 Å². The number of aryl methyl sites for hydroxylation is 1. The van der Waals surface area contributed by atoms with Crippen LogP contribution >= 0.6 is 11.6 Å². The van der Waals surface area contributed by atoms with E-state index in [0.29, 0.717) is 16.4 Å². The van der Waals surface area contributed by atoms with Crippen molar-refractivity contribution in [1.82, 2.24) is 24.5 Å². The molecule has 2 aromatic heterocycles. The van der Waals surface area contributed by atoms with E-state index in [1.165, 1.54) is 6.92 Å². The Bertz CT molecular complexity index is 1090. The topological polar surface area (TPSA) is 97.9 Å². The quantitative estimate of drug-likeness (QED) is 0.541. The number of hydrogen-bond donors (Lipinski definition) is 2. The second-order valence-electron chi connectivity index (χ2n) is 7.46. The maximum absolute atomic E-state index is 13.1. The van der Waals surface area contributed by atoms with Gasteiger partial charge < -0.3 is 15.0 Å². The van der Waals surface area contributed by atoms with Gasteiger partial charge in [-0.3, -0.25) is 4.79 Å². The van der Waals surface area contributed by atoms with Crippen molar-refractivity contribution >= 4 is 23.3 Å². The third-order valence-electron chi connectivity index (χ3n) is 4.81. The van der Waals surface area contributed by atoms with Crippen molar-refractivity contribution in [3.63, 3.8) is 0 Å². The van der Waals surface area contributed by atoms with Crippen LogP contribution in [-0.4, -0.2) is 42.2 Å². The molecule has 0 fully saturated rings. The number of nitrogens with zero attached hydrogens (tertiary/aromatic N) is 5. The Labute approximate surface area is 187 Å². The first-order valence-corrected chi connectivity index (χ1v) is 10.2. The molecule has 0 aliphatic carbocycles. The number of aliphatic hydroxyl groups is 1. The van der Waals surface area contributed by atoms with E-state index >= 15 is 0 Å². The molecule has 1 unspecified atom stereocenters. The number of aromatic nitrogens is 5. The maximum atomic E-state index is 13.1. The summed E-state index contributed by atoms with van der Waals surface area (Å²) in [5.74, 6) is -0.561. The Hall–Kier alpha value is -2.92. The van der Waals surface area contributed by atoms with Crippen molar-refractivity contribution in [1.29, 1.82) is 0 Å². The molecule has 3 aromatic rings. The summed E-state index contributed by atoms with van der Waals surface area (Å²) in [7, 11) is 0. The molecule has 1 atom stereocenters. The van der Waals surface area contributed by atoms with E-state index in [1.54, 1.807) is 28.9 Å². The number of anilines is 1. The molecular formula is C20H22ClF3N6O2. The van der Waals surface area contributed by atoms with E-state index < -0.39 is 30.4 Å². The molecule has 2 N–H and O–H groups in total. The van der Waals surface area contributed by atoms with E-state index in [9.17, 15) is 23.1 Å². The van der Waals surface area contributed by atoms with E-state index in [4.69, 9.17) is 11.6 Å². The molecule has 1 aromatic carbocycles. The van der Waals surface area contributed by atoms with Gasteiger partial charge in [-0.1, -0.05) is 30.7 Å². The summed E-state index contributed by atoms with van der Waals surface area (Å²) in [6.07, 6.45) is -3.99. The van der Waals surface area contributed by atoms with Crippen molar-refractivity contribution in [2.75, 3.05) is 11.9 Å². The fraction of sp³-hybridized carbons (Fsp3) is 0.400. The number of hydrogen-bond acceptors (Lipinski definition) is 5. The van der Waals surface area contributed by atoms with Gasteiger partial charge in [-0.15, -0.1) is 5.10 Å². The Morgan fingerprint density at radius 2 is 1.91 bits per heavy atom. The van der Waals surface area contributed by atoms with Crippen LogP contribution in [0.4, 0.5) is 19.0 Å². The van der Waals surface area contributed by atoms with Crippen molar-refractivity contribution in [3.8, 4) is 5.69 Å². The second-order valence-corrected chi connectivity index (χ2v) is 7.90. The van der Waals surface area contributed by atoms with Gasteiger partial charge in [0.1, 0.15) is 11.9 Å². The molecule has 12 heteroatoms. The SMILES string of the molecule is Cc1nc(C(F)(F)F)cn1C(CCO)C(=O)Nc1nnn(-c2ccc(Cl)cc2)c1C(C)C. The van der Waals surface area contributed by atoms with Crippen molar-refractivity contribution in [3.05, 3.63) is 52.7 Å². The zero-order chi connectivity index (χ0) is 23.6. The van der Waals surface area contributed by atoms with Crippen LogP contribution in [0.25, 0.3) is 5.69 Å². The first-order valence-electron chi connectivity index (χ1n) is 9.78. The van der Waals surface area contributed by atoms with Crippen molar-refractivity contribution in [2.45, 2.75) is 45.3 Å². The number of aliphatic hydroxyl groups excluding tert-OH is 1. The molecule has 0 radical (unpaired) electrons. The third-order valence-corrected chi connectivity index (χ3v) is 5.07. The number of halogens is 4. The highest BCUT2D eigenvalue weighted by molar-refractivity contribution is 6.30. The van der Waals surface area contributed by atoms with Gasteiger partial charge in [0.25, 0.3) is 0 Å². The largest absolute Gasteiger partial charge is 0.434 e.